The van der Waals surface area contributed by atoms with Crippen LogP contribution in [0, 0.1) is 13.8 Å². The van der Waals surface area contributed by atoms with Gasteiger partial charge in [-0.05, 0) is 86.0 Å². The SMILES string of the molecule is Cc1ccc(C2=Cc3c(c(C)nn3-c3ccccc3)C(c3nc4ccccc4c(=O)n3-c3ccc(Br)cc3)C2)cc1. The number of aromatic nitrogens is 4. The summed E-state index contributed by atoms with van der Waals surface area (Å²) in [5, 5.41) is 5.63. The zero-order valence-electron chi connectivity index (χ0n) is 22.8. The predicted molar refractivity (Wildman–Crippen MR) is 169 cm³/mol. The highest BCUT2D eigenvalue weighted by Gasteiger charge is 2.33. The van der Waals surface area contributed by atoms with E-state index in [0.717, 1.165) is 38.4 Å². The monoisotopic (exact) mass is 598 g/mol. The minimum absolute atomic E-state index is 0.0750. The van der Waals surface area contributed by atoms with Gasteiger partial charge in [0.15, 0.2) is 0 Å². The first-order chi connectivity index (χ1) is 20.0. The van der Waals surface area contributed by atoms with Crippen LogP contribution >= 0.6 is 15.9 Å². The number of allylic oxidation sites excluding steroid dienone is 1. The van der Waals surface area contributed by atoms with E-state index in [0.29, 0.717) is 23.1 Å². The molecule has 6 heteroatoms. The average Bonchev–Trinajstić information content (AvgIpc) is 3.34. The van der Waals surface area contributed by atoms with Crippen molar-refractivity contribution in [1.29, 1.82) is 0 Å². The number of halogens is 1. The Balaban J connectivity index is 1.53. The highest BCUT2D eigenvalue weighted by molar-refractivity contribution is 9.10. The maximum Gasteiger partial charge on any atom is 0.265 e. The molecule has 1 atom stereocenters. The van der Waals surface area contributed by atoms with Gasteiger partial charge in [-0.25, -0.2) is 9.67 Å². The maximum absolute atomic E-state index is 14.2. The molecule has 41 heavy (non-hydrogen) atoms. The van der Waals surface area contributed by atoms with Gasteiger partial charge in [-0.3, -0.25) is 9.36 Å². The summed E-state index contributed by atoms with van der Waals surface area (Å²) in [6, 6.07) is 34.3. The Morgan fingerprint density at radius 3 is 2.27 bits per heavy atom. The Kier molecular flexibility index (Phi) is 6.28. The highest BCUT2D eigenvalue weighted by Crippen LogP contribution is 2.44. The van der Waals surface area contributed by atoms with Crippen LogP contribution in [-0.4, -0.2) is 19.3 Å². The van der Waals surface area contributed by atoms with E-state index in [1.54, 1.807) is 4.57 Å². The Labute approximate surface area is 246 Å². The van der Waals surface area contributed by atoms with Gasteiger partial charge < -0.3 is 0 Å². The number of hydrogen-bond acceptors (Lipinski definition) is 3. The molecule has 0 fully saturated rings. The van der Waals surface area contributed by atoms with Gasteiger partial charge in [0.05, 0.1) is 39.6 Å². The van der Waals surface area contributed by atoms with Crippen LogP contribution in [-0.2, 0) is 0 Å². The van der Waals surface area contributed by atoms with Crippen molar-refractivity contribution in [3.05, 3.63) is 152 Å². The molecule has 0 spiro atoms. The van der Waals surface area contributed by atoms with Crippen LogP contribution in [0.2, 0.25) is 0 Å². The molecule has 0 aliphatic heterocycles. The zero-order chi connectivity index (χ0) is 28.1. The number of para-hydroxylation sites is 2. The van der Waals surface area contributed by atoms with Crippen molar-refractivity contribution in [3.8, 4) is 11.4 Å². The molecule has 0 amide bonds. The van der Waals surface area contributed by atoms with Crippen LogP contribution in [0.1, 0.15) is 46.2 Å². The summed E-state index contributed by atoms with van der Waals surface area (Å²) in [7, 11) is 0. The predicted octanol–water partition coefficient (Wildman–Crippen LogP) is 8.03. The first-order valence-corrected chi connectivity index (χ1v) is 14.5. The van der Waals surface area contributed by atoms with Crippen LogP contribution in [0.15, 0.2) is 112 Å². The van der Waals surface area contributed by atoms with E-state index in [9.17, 15) is 4.79 Å². The lowest BCUT2D eigenvalue weighted by atomic mass is 9.81. The Morgan fingerprint density at radius 1 is 0.805 bits per heavy atom. The fourth-order valence-electron chi connectivity index (χ4n) is 5.85. The molecule has 0 saturated heterocycles. The van der Waals surface area contributed by atoms with Crippen LogP contribution in [0.4, 0.5) is 0 Å². The van der Waals surface area contributed by atoms with Crippen molar-refractivity contribution in [3.63, 3.8) is 0 Å². The van der Waals surface area contributed by atoms with Crippen LogP contribution in [0.25, 0.3) is 33.9 Å². The average molecular weight is 600 g/mol. The minimum atomic E-state index is -0.190. The summed E-state index contributed by atoms with van der Waals surface area (Å²) in [5.74, 6) is 0.524. The molecule has 5 nitrogen and oxygen atoms in total. The summed E-state index contributed by atoms with van der Waals surface area (Å²) >= 11 is 3.54. The van der Waals surface area contributed by atoms with Gasteiger partial charge in [0.25, 0.3) is 5.56 Å². The molecule has 1 unspecified atom stereocenters. The van der Waals surface area contributed by atoms with Crippen molar-refractivity contribution in [2.75, 3.05) is 0 Å². The molecule has 200 valence electrons. The first-order valence-electron chi connectivity index (χ1n) is 13.7. The van der Waals surface area contributed by atoms with E-state index in [4.69, 9.17) is 10.1 Å². The summed E-state index contributed by atoms with van der Waals surface area (Å²) in [5.41, 5.74) is 9.00. The van der Waals surface area contributed by atoms with Crippen LogP contribution in [0.3, 0.4) is 0 Å². The van der Waals surface area contributed by atoms with E-state index < -0.39 is 0 Å². The normalized spacial score (nSPS) is 14.6. The van der Waals surface area contributed by atoms with Gasteiger partial charge in [0.1, 0.15) is 5.82 Å². The second-order valence-electron chi connectivity index (χ2n) is 10.5. The molecule has 0 saturated carbocycles. The smallest absolute Gasteiger partial charge is 0.265 e. The third-order valence-electron chi connectivity index (χ3n) is 7.85. The second-order valence-corrected chi connectivity index (χ2v) is 11.4. The highest BCUT2D eigenvalue weighted by atomic mass is 79.9. The van der Waals surface area contributed by atoms with Crippen molar-refractivity contribution in [2.24, 2.45) is 0 Å². The van der Waals surface area contributed by atoms with Crippen molar-refractivity contribution >= 4 is 38.5 Å². The number of nitrogens with zero attached hydrogens (tertiary/aromatic N) is 4. The summed E-state index contributed by atoms with van der Waals surface area (Å²) in [4.78, 5) is 19.4. The van der Waals surface area contributed by atoms with E-state index in [1.165, 1.54) is 11.1 Å². The second kappa shape index (κ2) is 10.1. The topological polar surface area (TPSA) is 52.7 Å². The molecule has 7 rings (SSSR count). The third-order valence-corrected chi connectivity index (χ3v) is 8.38. The molecule has 6 aromatic rings. The van der Waals surface area contributed by atoms with Gasteiger partial charge in [0, 0.05) is 10.0 Å². The standard InChI is InChI=1S/C35H27BrN4O/c1-22-12-14-24(15-13-22)25-20-30(33-23(2)38-40(32(33)21-25)28-8-4-3-5-9-28)34-37-31-11-7-6-10-29(31)35(41)39(34)27-18-16-26(36)17-19-27/h3-19,21,30H,20H2,1-2H3. The zero-order valence-corrected chi connectivity index (χ0v) is 24.3. The Morgan fingerprint density at radius 2 is 1.51 bits per heavy atom. The summed E-state index contributed by atoms with van der Waals surface area (Å²) in [6.07, 6.45) is 2.95. The quantitative estimate of drug-likeness (QED) is 0.206. The lowest BCUT2D eigenvalue weighted by Crippen LogP contribution is -2.27. The van der Waals surface area contributed by atoms with E-state index in [1.807, 2.05) is 71.4 Å². The fourth-order valence-corrected chi connectivity index (χ4v) is 6.12. The molecular formula is C35H27BrN4O. The van der Waals surface area contributed by atoms with Crippen molar-refractivity contribution < 1.29 is 0 Å². The Hall–Kier alpha value is -4.55. The number of hydrogen-bond donors (Lipinski definition) is 0. The number of rotatable bonds is 4. The molecular weight excluding hydrogens is 572 g/mol. The molecule has 0 bridgehead atoms. The van der Waals surface area contributed by atoms with Crippen molar-refractivity contribution in [1.82, 2.24) is 19.3 Å². The van der Waals surface area contributed by atoms with Gasteiger partial charge in [0.2, 0.25) is 0 Å². The van der Waals surface area contributed by atoms with E-state index in [2.05, 4.69) is 72.3 Å². The Bertz CT molecular complexity index is 2000. The summed E-state index contributed by atoms with van der Waals surface area (Å²) in [6.45, 7) is 4.16. The fraction of sp³-hybridized carbons (Fsp3) is 0.114. The van der Waals surface area contributed by atoms with Gasteiger partial charge in [-0.15, -0.1) is 0 Å². The third kappa shape index (κ3) is 4.45. The van der Waals surface area contributed by atoms with Gasteiger partial charge in [-0.1, -0.05) is 76.1 Å². The minimum Gasteiger partial charge on any atom is -0.268 e. The van der Waals surface area contributed by atoms with Gasteiger partial charge in [-0.2, -0.15) is 5.10 Å². The van der Waals surface area contributed by atoms with Gasteiger partial charge >= 0.3 is 0 Å². The van der Waals surface area contributed by atoms with Crippen LogP contribution in [0.5, 0.6) is 0 Å². The van der Waals surface area contributed by atoms with E-state index >= 15 is 0 Å². The molecule has 1 aliphatic rings. The maximum atomic E-state index is 14.2. The first kappa shape index (κ1) is 25.4. The number of benzene rings is 4. The number of aryl methyl sites for hydroxylation is 2. The molecule has 1 aliphatic carbocycles. The molecule has 0 radical (unpaired) electrons. The molecule has 4 aromatic carbocycles. The lowest BCUT2D eigenvalue weighted by Gasteiger charge is -2.27. The molecule has 2 aromatic heterocycles. The largest absolute Gasteiger partial charge is 0.268 e. The van der Waals surface area contributed by atoms with Crippen LogP contribution < -0.4 is 5.56 Å². The van der Waals surface area contributed by atoms with Crippen molar-refractivity contribution in [2.45, 2.75) is 26.2 Å². The molecule has 2 heterocycles. The number of fused-ring (bicyclic) bond motifs is 2. The van der Waals surface area contributed by atoms with E-state index in [-0.39, 0.29) is 11.5 Å². The molecule has 0 N–H and O–H groups in total. The summed E-state index contributed by atoms with van der Waals surface area (Å²) < 4.78 is 4.77. The lowest BCUT2D eigenvalue weighted by molar-refractivity contribution is 0.707.